The first-order valence-electron chi connectivity index (χ1n) is 10.2. The SMILES string of the molecule is Cc1ccc([N+](=O)[O-])cc1S(=O)(=O)N1CCC(C(=O)Nc2cnc3ccccc3c2)CC1. The van der Waals surface area contributed by atoms with Gasteiger partial charge in [0.25, 0.3) is 5.69 Å². The predicted molar refractivity (Wildman–Crippen MR) is 120 cm³/mol. The van der Waals surface area contributed by atoms with E-state index in [2.05, 4.69) is 10.3 Å². The summed E-state index contributed by atoms with van der Waals surface area (Å²) in [6.45, 7) is 1.94. The van der Waals surface area contributed by atoms with E-state index in [1.807, 2.05) is 30.3 Å². The van der Waals surface area contributed by atoms with Crippen molar-refractivity contribution in [3.63, 3.8) is 0 Å². The second-order valence-corrected chi connectivity index (χ2v) is 9.70. The molecule has 4 rings (SSSR count). The van der Waals surface area contributed by atoms with Crippen LogP contribution in [0.4, 0.5) is 11.4 Å². The molecule has 32 heavy (non-hydrogen) atoms. The number of nitro benzene ring substituents is 1. The second-order valence-electron chi connectivity index (χ2n) is 7.79. The molecule has 2 heterocycles. The van der Waals surface area contributed by atoms with E-state index in [9.17, 15) is 23.3 Å². The van der Waals surface area contributed by atoms with Crippen molar-refractivity contribution in [3.8, 4) is 0 Å². The maximum absolute atomic E-state index is 13.1. The van der Waals surface area contributed by atoms with Crippen LogP contribution in [-0.4, -0.2) is 41.6 Å². The number of non-ortho nitro benzene ring substituents is 1. The lowest BCUT2D eigenvalue weighted by molar-refractivity contribution is -0.385. The van der Waals surface area contributed by atoms with Crippen LogP contribution < -0.4 is 5.32 Å². The Hall–Kier alpha value is -3.37. The largest absolute Gasteiger partial charge is 0.324 e. The normalized spacial score (nSPS) is 15.5. The highest BCUT2D eigenvalue weighted by molar-refractivity contribution is 7.89. The highest BCUT2D eigenvalue weighted by Crippen LogP contribution is 2.29. The minimum Gasteiger partial charge on any atom is -0.324 e. The Bertz CT molecular complexity index is 1300. The minimum atomic E-state index is -3.89. The quantitative estimate of drug-likeness (QED) is 0.465. The van der Waals surface area contributed by atoms with Crippen LogP contribution in [0.5, 0.6) is 0 Å². The van der Waals surface area contributed by atoms with Gasteiger partial charge in [-0.25, -0.2) is 8.42 Å². The van der Waals surface area contributed by atoms with Crippen LogP contribution >= 0.6 is 0 Å². The molecule has 1 amide bonds. The number of carbonyl (C=O) groups excluding carboxylic acids is 1. The van der Waals surface area contributed by atoms with Crippen LogP contribution in [0.3, 0.4) is 0 Å². The molecule has 0 atom stereocenters. The monoisotopic (exact) mass is 454 g/mol. The lowest BCUT2D eigenvalue weighted by Gasteiger charge is -2.30. The topological polar surface area (TPSA) is 123 Å². The predicted octanol–water partition coefficient (Wildman–Crippen LogP) is 3.49. The Morgan fingerprint density at radius 2 is 1.88 bits per heavy atom. The maximum Gasteiger partial charge on any atom is 0.270 e. The van der Waals surface area contributed by atoms with Crippen molar-refractivity contribution in [1.82, 2.24) is 9.29 Å². The van der Waals surface area contributed by atoms with Gasteiger partial charge in [0.15, 0.2) is 0 Å². The van der Waals surface area contributed by atoms with Crippen LogP contribution in [-0.2, 0) is 14.8 Å². The third-order valence-electron chi connectivity index (χ3n) is 5.68. The number of rotatable bonds is 5. The summed E-state index contributed by atoms with van der Waals surface area (Å²) in [5.74, 6) is -0.509. The lowest BCUT2D eigenvalue weighted by Crippen LogP contribution is -2.41. The number of hydrogen-bond acceptors (Lipinski definition) is 6. The number of nitro groups is 1. The number of aryl methyl sites for hydroxylation is 1. The number of fused-ring (bicyclic) bond motifs is 1. The number of anilines is 1. The Kier molecular flexibility index (Phi) is 5.90. The number of carbonyl (C=O) groups is 1. The number of aromatic nitrogens is 1. The molecular weight excluding hydrogens is 432 g/mol. The summed E-state index contributed by atoms with van der Waals surface area (Å²) in [7, 11) is -3.89. The lowest BCUT2D eigenvalue weighted by atomic mass is 9.97. The molecule has 1 aromatic heterocycles. The average molecular weight is 455 g/mol. The number of piperidine rings is 1. The number of benzene rings is 2. The fourth-order valence-electron chi connectivity index (χ4n) is 3.86. The third-order valence-corrected chi connectivity index (χ3v) is 7.72. The van der Waals surface area contributed by atoms with Crippen LogP contribution in [0.25, 0.3) is 10.9 Å². The molecule has 0 saturated carbocycles. The number of amides is 1. The molecule has 1 saturated heterocycles. The van der Waals surface area contributed by atoms with Gasteiger partial charge in [-0.3, -0.25) is 19.9 Å². The van der Waals surface area contributed by atoms with Crippen molar-refractivity contribution in [2.75, 3.05) is 18.4 Å². The summed E-state index contributed by atoms with van der Waals surface area (Å²) in [5, 5.41) is 14.8. The van der Waals surface area contributed by atoms with E-state index in [0.717, 1.165) is 17.0 Å². The number of sulfonamides is 1. The van der Waals surface area contributed by atoms with Crippen molar-refractivity contribution >= 4 is 38.2 Å². The van der Waals surface area contributed by atoms with E-state index in [-0.39, 0.29) is 35.5 Å². The number of nitrogens with zero attached hydrogens (tertiary/aromatic N) is 3. The Morgan fingerprint density at radius 1 is 1.16 bits per heavy atom. The summed E-state index contributed by atoms with van der Waals surface area (Å²) >= 11 is 0. The van der Waals surface area contributed by atoms with E-state index in [1.165, 1.54) is 16.4 Å². The molecule has 10 heteroatoms. The first-order chi connectivity index (χ1) is 15.3. The maximum atomic E-state index is 13.1. The van der Waals surface area contributed by atoms with Gasteiger partial charge in [-0.05, 0) is 37.5 Å². The summed E-state index contributed by atoms with van der Waals surface area (Å²) in [6.07, 6.45) is 2.32. The van der Waals surface area contributed by atoms with Gasteiger partial charge in [-0.15, -0.1) is 0 Å². The molecular formula is C22H22N4O5S. The van der Waals surface area contributed by atoms with E-state index < -0.39 is 14.9 Å². The summed E-state index contributed by atoms with van der Waals surface area (Å²) in [6, 6.07) is 13.3. The zero-order valence-electron chi connectivity index (χ0n) is 17.4. The van der Waals surface area contributed by atoms with E-state index in [4.69, 9.17) is 0 Å². The zero-order chi connectivity index (χ0) is 22.9. The molecule has 1 fully saturated rings. The van der Waals surface area contributed by atoms with E-state index in [1.54, 1.807) is 13.1 Å². The van der Waals surface area contributed by atoms with Crippen molar-refractivity contribution in [3.05, 3.63) is 70.4 Å². The molecule has 0 bridgehead atoms. The van der Waals surface area contributed by atoms with Gasteiger partial charge in [-0.1, -0.05) is 24.3 Å². The minimum absolute atomic E-state index is 0.0724. The zero-order valence-corrected chi connectivity index (χ0v) is 18.2. The van der Waals surface area contributed by atoms with E-state index in [0.29, 0.717) is 24.1 Å². The van der Waals surface area contributed by atoms with Gasteiger partial charge in [0, 0.05) is 36.5 Å². The van der Waals surface area contributed by atoms with Gasteiger partial charge in [0.1, 0.15) is 0 Å². The first kappa shape index (κ1) is 21.8. The molecule has 0 spiro atoms. The molecule has 9 nitrogen and oxygen atoms in total. The average Bonchev–Trinajstić information content (AvgIpc) is 2.79. The smallest absolute Gasteiger partial charge is 0.270 e. The summed E-state index contributed by atoms with van der Waals surface area (Å²) < 4.78 is 27.4. The number of pyridine rings is 1. The van der Waals surface area contributed by atoms with Crippen molar-refractivity contribution in [2.45, 2.75) is 24.7 Å². The molecule has 0 unspecified atom stereocenters. The molecule has 0 aliphatic carbocycles. The molecule has 1 aliphatic heterocycles. The van der Waals surface area contributed by atoms with Crippen LogP contribution in [0, 0.1) is 23.0 Å². The van der Waals surface area contributed by atoms with Crippen molar-refractivity contribution in [2.24, 2.45) is 5.92 Å². The molecule has 166 valence electrons. The van der Waals surface area contributed by atoms with Gasteiger partial charge in [0.05, 0.1) is 27.2 Å². The molecule has 1 aliphatic rings. The third kappa shape index (κ3) is 4.32. The standard InChI is InChI=1S/C22H22N4O5S/c1-15-6-7-19(26(28)29)13-21(15)32(30,31)25-10-8-16(9-11-25)22(27)24-18-12-17-4-2-3-5-20(17)23-14-18/h2-7,12-14,16H,8-11H2,1H3,(H,24,27). The molecule has 1 N–H and O–H groups in total. The first-order valence-corrected chi connectivity index (χ1v) is 11.6. The fourth-order valence-corrected chi connectivity index (χ4v) is 5.58. The fraction of sp³-hybridized carbons (Fsp3) is 0.273. The molecule has 2 aromatic carbocycles. The second kappa shape index (κ2) is 8.64. The van der Waals surface area contributed by atoms with Crippen LogP contribution in [0.15, 0.2) is 59.6 Å². The highest BCUT2D eigenvalue weighted by atomic mass is 32.2. The van der Waals surface area contributed by atoms with Crippen LogP contribution in [0.1, 0.15) is 18.4 Å². The number of para-hydroxylation sites is 1. The Morgan fingerprint density at radius 3 is 2.59 bits per heavy atom. The summed E-state index contributed by atoms with van der Waals surface area (Å²) in [4.78, 5) is 27.4. The highest BCUT2D eigenvalue weighted by Gasteiger charge is 2.33. The number of hydrogen-bond donors (Lipinski definition) is 1. The summed E-state index contributed by atoms with van der Waals surface area (Å²) in [5.41, 5.74) is 1.60. The van der Waals surface area contributed by atoms with Crippen LogP contribution in [0.2, 0.25) is 0 Å². The Labute approximate surface area is 185 Å². The van der Waals surface area contributed by atoms with Gasteiger partial charge < -0.3 is 5.32 Å². The molecule has 3 aromatic rings. The van der Waals surface area contributed by atoms with Gasteiger partial charge in [-0.2, -0.15) is 4.31 Å². The van der Waals surface area contributed by atoms with Gasteiger partial charge >= 0.3 is 0 Å². The van der Waals surface area contributed by atoms with E-state index >= 15 is 0 Å². The Balaban J connectivity index is 1.43. The number of nitrogens with one attached hydrogen (secondary N) is 1. The van der Waals surface area contributed by atoms with Crippen molar-refractivity contribution in [1.29, 1.82) is 0 Å². The van der Waals surface area contributed by atoms with Gasteiger partial charge in [0.2, 0.25) is 15.9 Å². The molecule has 0 radical (unpaired) electrons. The van der Waals surface area contributed by atoms with Crippen molar-refractivity contribution < 1.29 is 18.1 Å².